The molecule has 0 saturated carbocycles. The molecule has 0 spiro atoms. The van der Waals surface area contributed by atoms with E-state index in [1.165, 1.54) is 31.4 Å². The monoisotopic (exact) mass is 216 g/mol. The lowest BCUT2D eigenvalue weighted by Crippen LogP contribution is -2.30. The van der Waals surface area contributed by atoms with Crippen molar-refractivity contribution in [2.24, 2.45) is 0 Å². The van der Waals surface area contributed by atoms with E-state index >= 15 is 0 Å². The van der Waals surface area contributed by atoms with E-state index in [2.05, 4.69) is 28.5 Å². The van der Waals surface area contributed by atoms with Gasteiger partial charge in [0.15, 0.2) is 0 Å². The molecule has 16 heavy (non-hydrogen) atoms. The SMILES string of the molecule is CNC(Cc1ccccn1)C1=CCCCC1. The Morgan fingerprint density at radius 1 is 1.38 bits per heavy atom. The standard InChI is InChI=1S/C14H20N2/c1-15-14(12-7-3-2-4-8-12)11-13-9-5-6-10-16-13/h5-7,9-10,14-15H,2-4,8,11H2,1H3. The Labute approximate surface area is 97.8 Å². The van der Waals surface area contributed by atoms with Crippen LogP contribution in [0.25, 0.3) is 0 Å². The Morgan fingerprint density at radius 3 is 2.94 bits per heavy atom. The van der Waals surface area contributed by atoms with Crippen LogP contribution in [-0.4, -0.2) is 18.1 Å². The first-order valence-corrected chi connectivity index (χ1v) is 6.16. The lowest BCUT2D eigenvalue weighted by Gasteiger charge is -2.22. The Morgan fingerprint density at radius 2 is 2.31 bits per heavy atom. The predicted octanol–water partition coefficient (Wildman–Crippen LogP) is 2.71. The number of nitrogens with zero attached hydrogens (tertiary/aromatic N) is 1. The number of rotatable bonds is 4. The second kappa shape index (κ2) is 5.80. The van der Waals surface area contributed by atoms with Crippen LogP contribution in [0.3, 0.4) is 0 Å². The topological polar surface area (TPSA) is 24.9 Å². The number of allylic oxidation sites excluding steroid dienone is 1. The van der Waals surface area contributed by atoms with Crippen LogP contribution in [0.1, 0.15) is 31.4 Å². The minimum Gasteiger partial charge on any atom is -0.313 e. The van der Waals surface area contributed by atoms with Gasteiger partial charge < -0.3 is 5.32 Å². The molecular formula is C14H20N2. The van der Waals surface area contributed by atoms with E-state index in [0.29, 0.717) is 6.04 Å². The number of pyridine rings is 1. The van der Waals surface area contributed by atoms with Gasteiger partial charge in [-0.15, -0.1) is 0 Å². The van der Waals surface area contributed by atoms with Gasteiger partial charge in [0, 0.05) is 24.4 Å². The zero-order chi connectivity index (χ0) is 11.2. The van der Waals surface area contributed by atoms with E-state index in [1.807, 2.05) is 19.3 Å². The van der Waals surface area contributed by atoms with Crippen LogP contribution in [0.5, 0.6) is 0 Å². The fourth-order valence-corrected chi connectivity index (χ4v) is 2.33. The van der Waals surface area contributed by atoms with Crippen LogP contribution in [0.15, 0.2) is 36.0 Å². The number of aromatic nitrogens is 1. The Balaban J connectivity index is 2.03. The quantitative estimate of drug-likeness (QED) is 0.783. The van der Waals surface area contributed by atoms with Crippen molar-refractivity contribution in [3.05, 3.63) is 41.7 Å². The molecule has 0 amide bonds. The Bertz CT molecular complexity index is 343. The van der Waals surface area contributed by atoms with Crippen molar-refractivity contribution in [1.29, 1.82) is 0 Å². The summed E-state index contributed by atoms with van der Waals surface area (Å²) >= 11 is 0. The number of nitrogens with one attached hydrogen (secondary N) is 1. The molecule has 0 aliphatic heterocycles. The summed E-state index contributed by atoms with van der Waals surface area (Å²) in [5.41, 5.74) is 2.74. The molecular weight excluding hydrogens is 196 g/mol. The smallest absolute Gasteiger partial charge is 0.0422 e. The molecule has 1 aromatic heterocycles. The minimum atomic E-state index is 0.468. The molecule has 1 aliphatic carbocycles. The minimum absolute atomic E-state index is 0.468. The molecule has 2 heteroatoms. The van der Waals surface area contributed by atoms with Crippen LogP contribution in [0.4, 0.5) is 0 Å². The van der Waals surface area contributed by atoms with E-state index in [4.69, 9.17) is 0 Å². The number of hydrogen-bond acceptors (Lipinski definition) is 2. The lowest BCUT2D eigenvalue weighted by molar-refractivity contribution is 0.564. The first-order chi connectivity index (χ1) is 7.90. The molecule has 0 bridgehead atoms. The van der Waals surface area contributed by atoms with Crippen molar-refractivity contribution in [3.8, 4) is 0 Å². The highest BCUT2D eigenvalue weighted by Crippen LogP contribution is 2.21. The molecule has 1 atom stereocenters. The first-order valence-electron chi connectivity index (χ1n) is 6.16. The van der Waals surface area contributed by atoms with Gasteiger partial charge in [-0.1, -0.05) is 17.7 Å². The number of likely N-dealkylation sites (N-methyl/N-ethyl adjacent to an activating group) is 1. The molecule has 2 nitrogen and oxygen atoms in total. The fraction of sp³-hybridized carbons (Fsp3) is 0.500. The van der Waals surface area contributed by atoms with Crippen LogP contribution in [0.2, 0.25) is 0 Å². The van der Waals surface area contributed by atoms with E-state index in [1.54, 1.807) is 5.57 Å². The van der Waals surface area contributed by atoms with Gasteiger partial charge >= 0.3 is 0 Å². The summed E-state index contributed by atoms with van der Waals surface area (Å²) in [6.45, 7) is 0. The van der Waals surface area contributed by atoms with Gasteiger partial charge in [-0.05, 0) is 44.9 Å². The Hall–Kier alpha value is -1.15. The summed E-state index contributed by atoms with van der Waals surface area (Å²) in [7, 11) is 2.04. The normalized spacial score (nSPS) is 17.9. The highest BCUT2D eigenvalue weighted by Gasteiger charge is 2.15. The van der Waals surface area contributed by atoms with Crippen LogP contribution in [-0.2, 0) is 6.42 Å². The van der Waals surface area contributed by atoms with Gasteiger partial charge in [0.05, 0.1) is 0 Å². The lowest BCUT2D eigenvalue weighted by atomic mass is 9.91. The third kappa shape index (κ3) is 2.92. The van der Waals surface area contributed by atoms with Gasteiger partial charge in [-0.25, -0.2) is 0 Å². The van der Waals surface area contributed by atoms with Crippen molar-refractivity contribution >= 4 is 0 Å². The highest BCUT2D eigenvalue weighted by atomic mass is 14.9. The second-order valence-electron chi connectivity index (χ2n) is 4.39. The summed E-state index contributed by atoms with van der Waals surface area (Å²) < 4.78 is 0. The van der Waals surface area contributed by atoms with Crippen LogP contribution >= 0.6 is 0 Å². The molecule has 0 fully saturated rings. The molecule has 0 radical (unpaired) electrons. The van der Waals surface area contributed by atoms with E-state index < -0.39 is 0 Å². The van der Waals surface area contributed by atoms with Gasteiger partial charge in [-0.2, -0.15) is 0 Å². The first kappa shape index (κ1) is 11.3. The van der Waals surface area contributed by atoms with Gasteiger partial charge in [0.1, 0.15) is 0 Å². The van der Waals surface area contributed by atoms with E-state index in [-0.39, 0.29) is 0 Å². The molecule has 0 saturated heterocycles. The Kier molecular flexibility index (Phi) is 4.11. The summed E-state index contributed by atoms with van der Waals surface area (Å²) in [4.78, 5) is 4.39. The summed E-state index contributed by atoms with van der Waals surface area (Å²) in [5, 5.41) is 3.41. The zero-order valence-electron chi connectivity index (χ0n) is 9.95. The maximum absolute atomic E-state index is 4.39. The molecule has 1 N–H and O–H groups in total. The molecule has 1 aromatic rings. The average molecular weight is 216 g/mol. The van der Waals surface area contributed by atoms with Gasteiger partial charge in [0.2, 0.25) is 0 Å². The molecule has 0 aromatic carbocycles. The predicted molar refractivity (Wildman–Crippen MR) is 67.3 cm³/mol. The largest absolute Gasteiger partial charge is 0.313 e. The van der Waals surface area contributed by atoms with Gasteiger partial charge in [0.25, 0.3) is 0 Å². The maximum Gasteiger partial charge on any atom is 0.0422 e. The average Bonchev–Trinajstić information content (AvgIpc) is 2.38. The third-order valence-corrected chi connectivity index (χ3v) is 3.26. The summed E-state index contributed by atoms with van der Waals surface area (Å²) in [5.74, 6) is 0. The van der Waals surface area contributed by atoms with Crippen LogP contribution < -0.4 is 5.32 Å². The molecule has 1 aliphatic rings. The molecule has 1 unspecified atom stereocenters. The van der Waals surface area contributed by atoms with Crippen molar-refractivity contribution in [2.45, 2.75) is 38.1 Å². The number of hydrogen-bond donors (Lipinski definition) is 1. The van der Waals surface area contributed by atoms with Crippen molar-refractivity contribution < 1.29 is 0 Å². The second-order valence-corrected chi connectivity index (χ2v) is 4.39. The van der Waals surface area contributed by atoms with Crippen molar-refractivity contribution in [2.75, 3.05) is 7.05 Å². The van der Waals surface area contributed by atoms with Gasteiger partial charge in [-0.3, -0.25) is 4.98 Å². The summed E-state index contributed by atoms with van der Waals surface area (Å²) in [6.07, 6.45) is 10.5. The fourth-order valence-electron chi connectivity index (χ4n) is 2.33. The molecule has 1 heterocycles. The zero-order valence-corrected chi connectivity index (χ0v) is 9.95. The van der Waals surface area contributed by atoms with E-state index in [9.17, 15) is 0 Å². The van der Waals surface area contributed by atoms with E-state index in [0.717, 1.165) is 6.42 Å². The van der Waals surface area contributed by atoms with Crippen molar-refractivity contribution in [1.82, 2.24) is 10.3 Å². The highest BCUT2D eigenvalue weighted by molar-refractivity contribution is 5.17. The van der Waals surface area contributed by atoms with Crippen molar-refractivity contribution in [3.63, 3.8) is 0 Å². The maximum atomic E-state index is 4.39. The molecule has 2 rings (SSSR count). The van der Waals surface area contributed by atoms with Crippen LogP contribution in [0, 0.1) is 0 Å². The third-order valence-electron chi connectivity index (χ3n) is 3.26. The molecule has 86 valence electrons. The summed E-state index contributed by atoms with van der Waals surface area (Å²) in [6, 6.07) is 6.60.